The van der Waals surface area contributed by atoms with E-state index in [4.69, 9.17) is 4.74 Å². The number of carbonyl (C=O) groups is 1. The summed E-state index contributed by atoms with van der Waals surface area (Å²) in [5.41, 5.74) is 0. The third kappa shape index (κ3) is 2.12. The van der Waals surface area contributed by atoms with Gasteiger partial charge in [-0.1, -0.05) is 0 Å². The molecule has 1 heterocycles. The molecule has 0 spiro atoms. The number of amides is 1. The molecule has 1 saturated carbocycles. The highest BCUT2D eigenvalue weighted by atomic mass is 16.6. The van der Waals surface area contributed by atoms with Gasteiger partial charge in [0.25, 0.3) is 0 Å². The molecule has 0 radical (unpaired) electrons. The van der Waals surface area contributed by atoms with Crippen molar-refractivity contribution in [2.75, 3.05) is 19.6 Å². The largest absolute Gasteiger partial charge is 0.446 e. The van der Waals surface area contributed by atoms with Crippen LogP contribution >= 0.6 is 0 Å². The van der Waals surface area contributed by atoms with Crippen LogP contribution in [-0.2, 0) is 4.74 Å². The van der Waals surface area contributed by atoms with Crippen LogP contribution in [0, 0.1) is 0 Å². The summed E-state index contributed by atoms with van der Waals surface area (Å²) in [5.74, 6) is 0. The van der Waals surface area contributed by atoms with Crippen molar-refractivity contribution < 1.29 is 9.53 Å². The second-order valence-electron chi connectivity index (χ2n) is 3.83. The molecule has 1 N–H and O–H groups in total. The molecule has 0 aromatic rings. The van der Waals surface area contributed by atoms with Crippen LogP contribution < -0.4 is 5.32 Å². The van der Waals surface area contributed by atoms with Crippen LogP contribution in [0.1, 0.15) is 19.8 Å². The summed E-state index contributed by atoms with van der Waals surface area (Å²) >= 11 is 0. The molecule has 2 aliphatic rings. The lowest BCUT2D eigenvalue weighted by molar-refractivity contribution is 0.0757. The Kier molecular flexibility index (Phi) is 2.40. The fraction of sp³-hybridized carbons (Fsp3) is 0.889. The quantitative estimate of drug-likeness (QED) is 0.648. The number of hydrogen-bond acceptors (Lipinski definition) is 3. The Morgan fingerprint density at radius 1 is 1.54 bits per heavy atom. The van der Waals surface area contributed by atoms with Crippen molar-refractivity contribution in [3.63, 3.8) is 0 Å². The minimum absolute atomic E-state index is 0.128. The van der Waals surface area contributed by atoms with E-state index in [-0.39, 0.29) is 18.2 Å². The molecule has 4 heteroatoms. The van der Waals surface area contributed by atoms with Gasteiger partial charge < -0.3 is 15.0 Å². The molecule has 74 valence electrons. The van der Waals surface area contributed by atoms with Crippen molar-refractivity contribution >= 4 is 6.09 Å². The molecule has 2 rings (SSSR count). The number of carbonyl (C=O) groups excluding carboxylic acids is 1. The summed E-state index contributed by atoms with van der Waals surface area (Å²) in [6.45, 7) is 4.57. The van der Waals surface area contributed by atoms with Crippen LogP contribution in [0.15, 0.2) is 0 Å². The predicted octanol–water partition coefficient (Wildman–Crippen LogP) is 0.579. The molecule has 0 aromatic carbocycles. The van der Waals surface area contributed by atoms with Gasteiger partial charge in [-0.25, -0.2) is 4.79 Å². The Morgan fingerprint density at radius 3 is 2.92 bits per heavy atom. The molecule has 1 aliphatic carbocycles. The van der Waals surface area contributed by atoms with Gasteiger partial charge in [0.05, 0.1) is 0 Å². The lowest BCUT2D eigenvalue weighted by Crippen LogP contribution is -2.52. The highest BCUT2D eigenvalue weighted by Crippen LogP contribution is 2.24. The monoisotopic (exact) mass is 184 g/mol. The second-order valence-corrected chi connectivity index (χ2v) is 3.83. The molecule has 0 aromatic heterocycles. The Balaban J connectivity index is 1.85. The highest BCUT2D eigenvalue weighted by molar-refractivity contribution is 5.68. The minimum Gasteiger partial charge on any atom is -0.446 e. The average molecular weight is 184 g/mol. The van der Waals surface area contributed by atoms with E-state index in [0.717, 1.165) is 32.5 Å². The fourth-order valence-corrected chi connectivity index (χ4v) is 1.51. The lowest BCUT2D eigenvalue weighted by atomic mass is 10.2. The summed E-state index contributed by atoms with van der Waals surface area (Å²) in [5, 5.41) is 3.24. The van der Waals surface area contributed by atoms with Crippen LogP contribution in [-0.4, -0.2) is 42.8 Å². The van der Waals surface area contributed by atoms with Crippen molar-refractivity contribution in [3.05, 3.63) is 0 Å². The number of hydrogen-bond donors (Lipinski definition) is 1. The van der Waals surface area contributed by atoms with E-state index in [9.17, 15) is 4.79 Å². The van der Waals surface area contributed by atoms with Crippen LogP contribution in [0.3, 0.4) is 0 Å². The number of nitrogens with zero attached hydrogens (tertiary/aromatic N) is 1. The third-order valence-corrected chi connectivity index (χ3v) is 2.53. The Morgan fingerprint density at radius 2 is 2.31 bits per heavy atom. The molecule has 1 aliphatic heterocycles. The van der Waals surface area contributed by atoms with Gasteiger partial charge in [-0.3, -0.25) is 0 Å². The fourth-order valence-electron chi connectivity index (χ4n) is 1.51. The third-order valence-electron chi connectivity index (χ3n) is 2.53. The van der Waals surface area contributed by atoms with Gasteiger partial charge >= 0.3 is 6.09 Å². The summed E-state index contributed by atoms with van der Waals surface area (Å²) in [6, 6.07) is 0.264. The maximum atomic E-state index is 11.5. The standard InChI is InChI=1S/C9H16N2O2/c1-7-6-10-4-5-11(7)9(12)13-8-2-3-8/h7-8,10H,2-6H2,1H3. The maximum Gasteiger partial charge on any atom is 0.410 e. The van der Waals surface area contributed by atoms with E-state index < -0.39 is 0 Å². The Labute approximate surface area is 78.2 Å². The predicted molar refractivity (Wildman–Crippen MR) is 48.5 cm³/mol. The van der Waals surface area contributed by atoms with Gasteiger partial charge in [-0.15, -0.1) is 0 Å². The molecule has 1 saturated heterocycles. The van der Waals surface area contributed by atoms with E-state index in [0.29, 0.717) is 0 Å². The normalized spacial score (nSPS) is 28.7. The van der Waals surface area contributed by atoms with Crippen LogP contribution in [0.5, 0.6) is 0 Å². The van der Waals surface area contributed by atoms with Crippen LogP contribution in [0.4, 0.5) is 4.79 Å². The van der Waals surface area contributed by atoms with E-state index in [1.54, 1.807) is 0 Å². The van der Waals surface area contributed by atoms with Gasteiger partial charge in [0.15, 0.2) is 0 Å². The number of nitrogens with one attached hydrogen (secondary N) is 1. The molecular weight excluding hydrogens is 168 g/mol. The van der Waals surface area contributed by atoms with Gasteiger partial charge in [0.2, 0.25) is 0 Å². The van der Waals surface area contributed by atoms with E-state index in [1.807, 2.05) is 11.8 Å². The van der Waals surface area contributed by atoms with Crippen LogP contribution in [0.2, 0.25) is 0 Å². The zero-order valence-corrected chi connectivity index (χ0v) is 7.95. The van der Waals surface area contributed by atoms with E-state index in [2.05, 4.69) is 5.32 Å². The zero-order valence-electron chi connectivity index (χ0n) is 7.95. The molecule has 13 heavy (non-hydrogen) atoms. The van der Waals surface area contributed by atoms with Gasteiger partial charge in [0.1, 0.15) is 6.10 Å². The van der Waals surface area contributed by atoms with Gasteiger partial charge in [-0.2, -0.15) is 0 Å². The molecule has 1 amide bonds. The molecule has 1 atom stereocenters. The summed E-state index contributed by atoms with van der Waals surface area (Å²) < 4.78 is 5.23. The molecule has 4 nitrogen and oxygen atoms in total. The smallest absolute Gasteiger partial charge is 0.410 e. The Hall–Kier alpha value is -0.770. The van der Waals surface area contributed by atoms with Crippen molar-refractivity contribution in [3.8, 4) is 0 Å². The van der Waals surface area contributed by atoms with Gasteiger partial charge in [-0.05, 0) is 19.8 Å². The summed E-state index contributed by atoms with van der Waals surface area (Å²) in [7, 11) is 0. The summed E-state index contributed by atoms with van der Waals surface area (Å²) in [6.07, 6.45) is 2.18. The van der Waals surface area contributed by atoms with Crippen molar-refractivity contribution in [2.45, 2.75) is 31.9 Å². The first-order valence-corrected chi connectivity index (χ1v) is 4.95. The number of piperazine rings is 1. The SMILES string of the molecule is CC1CNCCN1C(=O)OC1CC1. The molecular formula is C9H16N2O2. The van der Waals surface area contributed by atoms with Crippen molar-refractivity contribution in [1.29, 1.82) is 0 Å². The van der Waals surface area contributed by atoms with Crippen LogP contribution in [0.25, 0.3) is 0 Å². The summed E-state index contributed by atoms with van der Waals surface area (Å²) in [4.78, 5) is 13.3. The molecule has 0 bridgehead atoms. The molecule has 1 unspecified atom stereocenters. The topological polar surface area (TPSA) is 41.6 Å². The first-order chi connectivity index (χ1) is 6.27. The minimum atomic E-state index is -0.128. The van der Waals surface area contributed by atoms with Gasteiger partial charge in [0, 0.05) is 25.7 Å². The zero-order chi connectivity index (χ0) is 9.26. The highest BCUT2D eigenvalue weighted by Gasteiger charge is 2.31. The maximum absolute atomic E-state index is 11.5. The lowest BCUT2D eigenvalue weighted by Gasteiger charge is -2.32. The molecule has 2 fully saturated rings. The van der Waals surface area contributed by atoms with Crippen molar-refractivity contribution in [1.82, 2.24) is 10.2 Å². The van der Waals surface area contributed by atoms with E-state index >= 15 is 0 Å². The first-order valence-electron chi connectivity index (χ1n) is 4.95. The van der Waals surface area contributed by atoms with Crippen molar-refractivity contribution in [2.24, 2.45) is 0 Å². The number of ether oxygens (including phenoxy) is 1. The Bertz CT molecular complexity index is 204. The number of rotatable bonds is 1. The average Bonchev–Trinajstić information content (AvgIpc) is 2.89. The van der Waals surface area contributed by atoms with E-state index in [1.165, 1.54) is 0 Å². The first kappa shape index (κ1) is 8.81. The second kappa shape index (κ2) is 3.54.